The Morgan fingerprint density at radius 1 is 1.19 bits per heavy atom. The Labute approximate surface area is 92.7 Å². The first-order valence-corrected chi connectivity index (χ1v) is 5.19. The van der Waals surface area contributed by atoms with Gasteiger partial charge in [-0.25, -0.2) is 13.8 Å². The summed E-state index contributed by atoms with van der Waals surface area (Å²) in [7, 11) is 0. The molecule has 0 amide bonds. The van der Waals surface area contributed by atoms with Crippen LogP contribution < -0.4 is 0 Å². The van der Waals surface area contributed by atoms with E-state index >= 15 is 0 Å². The lowest BCUT2D eigenvalue weighted by molar-refractivity contribution is 0.402. The molecule has 2 nitrogen and oxygen atoms in total. The Morgan fingerprint density at radius 2 is 1.81 bits per heavy atom. The average molecular weight is 224 g/mol. The molecule has 0 radical (unpaired) electrons. The predicted molar refractivity (Wildman–Crippen MR) is 59.2 cm³/mol. The van der Waals surface area contributed by atoms with Gasteiger partial charge in [-0.15, -0.1) is 0 Å². The van der Waals surface area contributed by atoms with E-state index in [0.29, 0.717) is 11.0 Å². The zero-order valence-corrected chi connectivity index (χ0v) is 9.56. The van der Waals surface area contributed by atoms with Crippen LogP contribution in [0.4, 0.5) is 8.78 Å². The molecule has 2 aromatic rings. The number of H-pyrrole nitrogens is 1. The fourth-order valence-corrected chi connectivity index (χ4v) is 1.64. The number of halogens is 2. The van der Waals surface area contributed by atoms with E-state index in [-0.39, 0.29) is 5.41 Å². The van der Waals surface area contributed by atoms with Crippen molar-refractivity contribution in [3.63, 3.8) is 0 Å². The van der Waals surface area contributed by atoms with Gasteiger partial charge in [0.15, 0.2) is 11.6 Å². The highest BCUT2D eigenvalue weighted by molar-refractivity contribution is 5.75. The quantitative estimate of drug-likeness (QED) is 0.789. The van der Waals surface area contributed by atoms with Gasteiger partial charge in [-0.3, -0.25) is 0 Å². The summed E-state index contributed by atoms with van der Waals surface area (Å²) in [6.45, 7) is 6.25. The second kappa shape index (κ2) is 3.54. The number of rotatable bonds is 1. The molecule has 1 aromatic heterocycles. The molecule has 4 heteroatoms. The molecule has 0 saturated heterocycles. The molecule has 0 aliphatic rings. The number of nitrogens with one attached hydrogen (secondary N) is 1. The van der Waals surface area contributed by atoms with Crippen molar-refractivity contribution in [1.29, 1.82) is 0 Å². The standard InChI is InChI=1S/C12H14F2N2/c1-12(2,3)6-11-15-9-4-7(13)8(14)5-10(9)16-11/h4-5H,6H2,1-3H3,(H,15,16). The van der Waals surface area contributed by atoms with E-state index in [0.717, 1.165) is 24.4 Å². The van der Waals surface area contributed by atoms with Gasteiger partial charge in [0.2, 0.25) is 0 Å². The first kappa shape index (κ1) is 11.0. The van der Waals surface area contributed by atoms with Crippen molar-refractivity contribution >= 4 is 11.0 Å². The van der Waals surface area contributed by atoms with E-state index in [4.69, 9.17) is 0 Å². The second-order valence-corrected chi connectivity index (χ2v) is 5.20. The largest absolute Gasteiger partial charge is 0.342 e. The van der Waals surface area contributed by atoms with Gasteiger partial charge in [-0.2, -0.15) is 0 Å². The van der Waals surface area contributed by atoms with Crippen LogP contribution in [-0.4, -0.2) is 9.97 Å². The molecule has 2 rings (SSSR count). The minimum absolute atomic E-state index is 0.0883. The fourth-order valence-electron chi connectivity index (χ4n) is 1.64. The molecule has 16 heavy (non-hydrogen) atoms. The van der Waals surface area contributed by atoms with E-state index in [1.807, 2.05) is 0 Å². The lowest BCUT2D eigenvalue weighted by atomic mass is 9.92. The van der Waals surface area contributed by atoms with Gasteiger partial charge in [0.05, 0.1) is 11.0 Å². The van der Waals surface area contributed by atoms with Crippen LogP contribution in [0.5, 0.6) is 0 Å². The van der Waals surface area contributed by atoms with Crippen molar-refractivity contribution in [3.8, 4) is 0 Å². The van der Waals surface area contributed by atoms with E-state index in [2.05, 4.69) is 30.7 Å². The molecular weight excluding hydrogens is 210 g/mol. The predicted octanol–water partition coefficient (Wildman–Crippen LogP) is 3.43. The fraction of sp³-hybridized carbons (Fsp3) is 0.417. The summed E-state index contributed by atoms with van der Waals surface area (Å²) in [6, 6.07) is 2.26. The number of nitrogens with zero attached hydrogens (tertiary/aromatic N) is 1. The summed E-state index contributed by atoms with van der Waals surface area (Å²) in [4.78, 5) is 7.24. The number of aromatic nitrogens is 2. The van der Waals surface area contributed by atoms with Crippen LogP contribution in [-0.2, 0) is 6.42 Å². The molecule has 86 valence electrons. The summed E-state index contributed by atoms with van der Waals surface area (Å²) in [5.74, 6) is -0.952. The van der Waals surface area contributed by atoms with Crippen LogP contribution in [0.25, 0.3) is 11.0 Å². The summed E-state index contributed by atoms with van der Waals surface area (Å²) in [6.07, 6.45) is 0.741. The van der Waals surface area contributed by atoms with Crippen LogP contribution in [0.15, 0.2) is 12.1 Å². The van der Waals surface area contributed by atoms with Gasteiger partial charge < -0.3 is 4.98 Å². The van der Waals surface area contributed by atoms with Crippen LogP contribution in [0.1, 0.15) is 26.6 Å². The summed E-state index contributed by atoms with van der Waals surface area (Å²) >= 11 is 0. The van der Waals surface area contributed by atoms with Crippen LogP contribution in [0, 0.1) is 17.0 Å². The highest BCUT2D eigenvalue weighted by Crippen LogP contribution is 2.22. The topological polar surface area (TPSA) is 28.7 Å². The third-order valence-electron chi connectivity index (χ3n) is 2.27. The maximum atomic E-state index is 13.0. The molecule has 1 aromatic carbocycles. The van der Waals surface area contributed by atoms with Gasteiger partial charge in [-0.05, 0) is 5.41 Å². The van der Waals surface area contributed by atoms with Gasteiger partial charge in [0.1, 0.15) is 5.82 Å². The van der Waals surface area contributed by atoms with Gasteiger partial charge in [-0.1, -0.05) is 20.8 Å². The Balaban J connectivity index is 2.44. The maximum absolute atomic E-state index is 13.0. The Hall–Kier alpha value is -1.45. The molecule has 0 fully saturated rings. The minimum atomic E-state index is -0.860. The third-order valence-corrected chi connectivity index (χ3v) is 2.27. The van der Waals surface area contributed by atoms with Gasteiger partial charge in [0, 0.05) is 18.6 Å². The number of aromatic amines is 1. The molecule has 0 aliphatic heterocycles. The highest BCUT2D eigenvalue weighted by atomic mass is 19.2. The van der Waals surface area contributed by atoms with Crippen molar-refractivity contribution in [2.24, 2.45) is 5.41 Å². The Kier molecular flexibility index (Phi) is 2.45. The number of hydrogen-bond acceptors (Lipinski definition) is 1. The lowest BCUT2D eigenvalue weighted by Gasteiger charge is -2.15. The molecular formula is C12H14F2N2. The number of benzene rings is 1. The van der Waals surface area contributed by atoms with Crippen LogP contribution in [0.2, 0.25) is 0 Å². The summed E-state index contributed by atoms with van der Waals surface area (Å²) < 4.78 is 25.9. The number of hydrogen-bond donors (Lipinski definition) is 1. The smallest absolute Gasteiger partial charge is 0.161 e. The Bertz CT molecular complexity index is 485. The zero-order chi connectivity index (χ0) is 11.9. The van der Waals surface area contributed by atoms with E-state index in [1.54, 1.807) is 0 Å². The van der Waals surface area contributed by atoms with Crippen molar-refractivity contribution in [2.75, 3.05) is 0 Å². The normalized spacial score (nSPS) is 12.3. The molecule has 0 unspecified atom stereocenters. The third kappa shape index (κ3) is 2.21. The molecule has 0 bridgehead atoms. The van der Waals surface area contributed by atoms with E-state index < -0.39 is 11.6 Å². The molecule has 0 saturated carbocycles. The van der Waals surface area contributed by atoms with Crippen molar-refractivity contribution in [3.05, 3.63) is 29.6 Å². The average Bonchev–Trinajstić information content (AvgIpc) is 2.44. The van der Waals surface area contributed by atoms with Crippen molar-refractivity contribution in [2.45, 2.75) is 27.2 Å². The monoisotopic (exact) mass is 224 g/mol. The van der Waals surface area contributed by atoms with Crippen LogP contribution in [0.3, 0.4) is 0 Å². The van der Waals surface area contributed by atoms with Gasteiger partial charge >= 0.3 is 0 Å². The van der Waals surface area contributed by atoms with Crippen LogP contribution >= 0.6 is 0 Å². The maximum Gasteiger partial charge on any atom is 0.161 e. The number of fused-ring (bicyclic) bond motifs is 1. The Morgan fingerprint density at radius 3 is 2.44 bits per heavy atom. The summed E-state index contributed by atoms with van der Waals surface area (Å²) in [5, 5.41) is 0. The van der Waals surface area contributed by atoms with E-state index in [1.165, 1.54) is 0 Å². The van der Waals surface area contributed by atoms with Crippen molar-refractivity contribution in [1.82, 2.24) is 9.97 Å². The summed E-state index contributed by atoms with van der Waals surface area (Å²) in [5.41, 5.74) is 1.10. The SMILES string of the molecule is CC(C)(C)Cc1nc2cc(F)c(F)cc2[nH]1. The van der Waals surface area contributed by atoms with E-state index in [9.17, 15) is 8.78 Å². The minimum Gasteiger partial charge on any atom is -0.342 e. The first-order valence-electron chi connectivity index (χ1n) is 5.19. The van der Waals surface area contributed by atoms with Crippen molar-refractivity contribution < 1.29 is 8.78 Å². The zero-order valence-electron chi connectivity index (χ0n) is 9.56. The molecule has 0 spiro atoms. The molecule has 1 heterocycles. The first-order chi connectivity index (χ1) is 7.35. The van der Waals surface area contributed by atoms with Gasteiger partial charge in [0.25, 0.3) is 0 Å². The number of imidazole rings is 1. The lowest BCUT2D eigenvalue weighted by Crippen LogP contribution is -2.10. The second-order valence-electron chi connectivity index (χ2n) is 5.20. The molecule has 0 aliphatic carbocycles. The highest BCUT2D eigenvalue weighted by Gasteiger charge is 2.15. The molecule has 0 atom stereocenters. The molecule has 1 N–H and O–H groups in total.